The van der Waals surface area contributed by atoms with Crippen LogP contribution in [-0.2, 0) is 10.0 Å². The van der Waals surface area contributed by atoms with Crippen molar-refractivity contribution >= 4 is 10.0 Å². The van der Waals surface area contributed by atoms with Crippen LogP contribution < -0.4 is 9.88 Å². The molecule has 0 saturated heterocycles. The number of nitrogens with zero attached hydrogens (tertiary/aromatic N) is 1. The molecule has 0 radical (unpaired) electrons. The average molecular weight is 280 g/mol. The molecular weight excluding hydrogens is 264 g/mol. The van der Waals surface area contributed by atoms with Gasteiger partial charge < -0.3 is 4.74 Å². The predicted octanol–water partition coefficient (Wildman–Crippen LogP) is 1.72. The SMILES string of the molecule is Cc1ccc(OCC2(CC#N)CC2)c(S(N)(=O)=O)c1. The highest BCUT2D eigenvalue weighted by atomic mass is 32.2. The largest absolute Gasteiger partial charge is 0.492 e. The third-order valence-electron chi connectivity index (χ3n) is 3.35. The third-order valence-corrected chi connectivity index (χ3v) is 4.28. The molecular formula is C13H16N2O3S. The molecule has 19 heavy (non-hydrogen) atoms. The van der Waals surface area contributed by atoms with Crippen LogP contribution >= 0.6 is 0 Å². The topological polar surface area (TPSA) is 93.2 Å². The van der Waals surface area contributed by atoms with E-state index in [1.165, 1.54) is 6.07 Å². The van der Waals surface area contributed by atoms with E-state index in [9.17, 15) is 8.42 Å². The van der Waals surface area contributed by atoms with Gasteiger partial charge in [0.05, 0.1) is 12.7 Å². The monoisotopic (exact) mass is 280 g/mol. The van der Waals surface area contributed by atoms with E-state index in [2.05, 4.69) is 6.07 Å². The van der Waals surface area contributed by atoms with Gasteiger partial charge in [-0.15, -0.1) is 0 Å². The molecule has 0 amide bonds. The Labute approximate surface area is 113 Å². The summed E-state index contributed by atoms with van der Waals surface area (Å²) in [5, 5.41) is 13.9. The van der Waals surface area contributed by atoms with E-state index in [-0.39, 0.29) is 16.1 Å². The van der Waals surface area contributed by atoms with E-state index >= 15 is 0 Å². The summed E-state index contributed by atoms with van der Waals surface area (Å²) >= 11 is 0. The van der Waals surface area contributed by atoms with E-state index in [0.29, 0.717) is 13.0 Å². The van der Waals surface area contributed by atoms with Crippen molar-refractivity contribution in [3.8, 4) is 11.8 Å². The number of primary sulfonamides is 1. The van der Waals surface area contributed by atoms with Gasteiger partial charge in [0.25, 0.3) is 0 Å². The zero-order valence-electron chi connectivity index (χ0n) is 10.7. The zero-order chi connectivity index (χ0) is 14.1. The molecule has 2 rings (SSSR count). The van der Waals surface area contributed by atoms with Crippen molar-refractivity contribution in [1.82, 2.24) is 0 Å². The molecule has 0 unspecified atom stereocenters. The molecule has 0 bridgehead atoms. The predicted molar refractivity (Wildman–Crippen MR) is 69.9 cm³/mol. The smallest absolute Gasteiger partial charge is 0.241 e. The maximum absolute atomic E-state index is 11.5. The molecule has 0 heterocycles. The molecule has 1 aromatic carbocycles. The fraction of sp³-hybridized carbons (Fsp3) is 0.462. The summed E-state index contributed by atoms with van der Waals surface area (Å²) in [5.74, 6) is 0.261. The van der Waals surface area contributed by atoms with Gasteiger partial charge in [0, 0.05) is 11.8 Å². The van der Waals surface area contributed by atoms with Crippen LogP contribution in [0.4, 0.5) is 0 Å². The minimum Gasteiger partial charge on any atom is -0.492 e. The van der Waals surface area contributed by atoms with Crippen LogP contribution in [-0.4, -0.2) is 15.0 Å². The Hall–Kier alpha value is -1.58. The molecule has 1 aliphatic rings. The van der Waals surface area contributed by atoms with Crippen molar-refractivity contribution in [3.63, 3.8) is 0 Å². The number of nitriles is 1. The van der Waals surface area contributed by atoms with Crippen LogP contribution in [0.5, 0.6) is 5.75 Å². The number of benzene rings is 1. The zero-order valence-corrected chi connectivity index (χ0v) is 11.5. The maximum Gasteiger partial charge on any atom is 0.241 e. The fourth-order valence-electron chi connectivity index (χ4n) is 1.90. The first-order valence-corrected chi connectivity index (χ1v) is 7.54. The molecule has 0 spiro atoms. The van der Waals surface area contributed by atoms with Crippen molar-refractivity contribution in [2.24, 2.45) is 10.6 Å². The number of rotatable bonds is 5. The van der Waals surface area contributed by atoms with Gasteiger partial charge in [-0.3, -0.25) is 0 Å². The summed E-state index contributed by atoms with van der Waals surface area (Å²) in [5.41, 5.74) is 0.699. The van der Waals surface area contributed by atoms with Crippen LogP contribution in [0, 0.1) is 23.7 Å². The molecule has 102 valence electrons. The Morgan fingerprint density at radius 2 is 2.16 bits per heavy atom. The Morgan fingerprint density at radius 3 is 2.68 bits per heavy atom. The standard InChI is InChI=1S/C13H16N2O3S/c1-10-2-3-11(12(8-10)19(15,16)17)18-9-13(4-5-13)6-7-14/h2-3,8H,4-6,9H2,1H3,(H2,15,16,17). The lowest BCUT2D eigenvalue weighted by Crippen LogP contribution is -2.17. The quantitative estimate of drug-likeness (QED) is 0.888. The van der Waals surface area contributed by atoms with Crippen molar-refractivity contribution in [1.29, 1.82) is 5.26 Å². The number of sulfonamides is 1. The normalized spacial score (nSPS) is 16.7. The van der Waals surface area contributed by atoms with Gasteiger partial charge in [-0.25, -0.2) is 13.6 Å². The number of hydrogen-bond acceptors (Lipinski definition) is 4. The van der Waals surface area contributed by atoms with Crippen molar-refractivity contribution in [2.75, 3.05) is 6.61 Å². The number of nitrogens with two attached hydrogens (primary N) is 1. The second-order valence-electron chi connectivity index (χ2n) is 5.12. The minimum atomic E-state index is -3.81. The molecule has 2 N–H and O–H groups in total. The molecule has 0 atom stereocenters. The number of hydrogen-bond donors (Lipinski definition) is 1. The van der Waals surface area contributed by atoms with Gasteiger partial charge >= 0.3 is 0 Å². The lowest BCUT2D eigenvalue weighted by Gasteiger charge is -2.15. The Bertz CT molecular complexity index is 628. The summed E-state index contributed by atoms with van der Waals surface area (Å²) in [6, 6.07) is 7.01. The van der Waals surface area contributed by atoms with E-state index in [1.54, 1.807) is 19.1 Å². The maximum atomic E-state index is 11.5. The highest BCUT2D eigenvalue weighted by molar-refractivity contribution is 7.89. The number of aryl methyl sites for hydroxylation is 1. The van der Waals surface area contributed by atoms with Crippen LogP contribution in [0.15, 0.2) is 23.1 Å². The Morgan fingerprint density at radius 1 is 1.47 bits per heavy atom. The van der Waals surface area contributed by atoms with Gasteiger partial charge in [0.1, 0.15) is 10.6 Å². The first-order valence-electron chi connectivity index (χ1n) is 6.00. The molecule has 5 nitrogen and oxygen atoms in total. The van der Waals surface area contributed by atoms with Gasteiger partial charge in [-0.1, -0.05) is 6.07 Å². The molecule has 1 fully saturated rings. The lowest BCUT2D eigenvalue weighted by atomic mass is 10.1. The van der Waals surface area contributed by atoms with Crippen LogP contribution in [0.1, 0.15) is 24.8 Å². The van der Waals surface area contributed by atoms with Crippen molar-refractivity contribution < 1.29 is 13.2 Å². The summed E-state index contributed by atoms with van der Waals surface area (Å²) in [6.07, 6.45) is 2.32. The Kier molecular flexibility index (Phi) is 3.52. The van der Waals surface area contributed by atoms with E-state index in [1.807, 2.05) is 0 Å². The van der Waals surface area contributed by atoms with E-state index in [0.717, 1.165) is 18.4 Å². The highest BCUT2D eigenvalue weighted by Crippen LogP contribution is 2.48. The molecule has 1 aromatic rings. The number of ether oxygens (including phenoxy) is 1. The second-order valence-corrected chi connectivity index (χ2v) is 6.65. The van der Waals surface area contributed by atoms with Gasteiger partial charge in [-0.05, 0) is 37.5 Å². The summed E-state index contributed by atoms with van der Waals surface area (Å²) in [7, 11) is -3.81. The molecule has 0 aromatic heterocycles. The Balaban J connectivity index is 2.20. The molecule has 0 aliphatic heterocycles. The summed E-state index contributed by atoms with van der Waals surface area (Å²) in [4.78, 5) is 0.000239. The molecule has 1 saturated carbocycles. The summed E-state index contributed by atoms with van der Waals surface area (Å²) < 4.78 is 28.6. The third kappa shape index (κ3) is 3.25. The first-order chi connectivity index (χ1) is 8.86. The first kappa shape index (κ1) is 13.8. The van der Waals surface area contributed by atoms with Crippen LogP contribution in [0.25, 0.3) is 0 Å². The van der Waals surface area contributed by atoms with Gasteiger partial charge in [0.2, 0.25) is 10.0 Å². The minimum absolute atomic E-state index is 0.000239. The molecule has 1 aliphatic carbocycles. The lowest BCUT2D eigenvalue weighted by molar-refractivity contribution is 0.231. The average Bonchev–Trinajstić information content (AvgIpc) is 3.07. The van der Waals surface area contributed by atoms with Crippen LogP contribution in [0.2, 0.25) is 0 Å². The van der Waals surface area contributed by atoms with Gasteiger partial charge in [-0.2, -0.15) is 5.26 Å². The van der Waals surface area contributed by atoms with E-state index < -0.39 is 10.0 Å². The van der Waals surface area contributed by atoms with Crippen LogP contribution in [0.3, 0.4) is 0 Å². The summed E-state index contributed by atoms with van der Waals surface area (Å²) in [6.45, 7) is 2.14. The fourth-order valence-corrected chi connectivity index (χ4v) is 2.66. The van der Waals surface area contributed by atoms with Gasteiger partial charge in [0.15, 0.2) is 0 Å². The second kappa shape index (κ2) is 4.83. The van der Waals surface area contributed by atoms with E-state index in [4.69, 9.17) is 15.1 Å². The van der Waals surface area contributed by atoms with Crippen molar-refractivity contribution in [3.05, 3.63) is 23.8 Å². The molecule has 6 heteroatoms. The highest BCUT2D eigenvalue weighted by Gasteiger charge is 2.43. The van der Waals surface area contributed by atoms with Crippen molar-refractivity contribution in [2.45, 2.75) is 31.1 Å².